The minimum Gasteiger partial charge on any atom is -0.339 e. The van der Waals surface area contributed by atoms with Gasteiger partial charge in [0.15, 0.2) is 0 Å². The number of benzene rings is 8. The van der Waals surface area contributed by atoms with E-state index in [1.165, 1.54) is 43.3 Å². The van der Waals surface area contributed by atoms with Crippen LogP contribution in [0.15, 0.2) is 243 Å². The summed E-state index contributed by atoms with van der Waals surface area (Å²) in [6.07, 6.45) is -1.22. The van der Waals surface area contributed by atoms with E-state index in [2.05, 4.69) is 250 Å². The van der Waals surface area contributed by atoms with Gasteiger partial charge in [0.05, 0.1) is 0 Å². The zero-order valence-corrected chi connectivity index (χ0v) is 31.7. The van der Waals surface area contributed by atoms with Gasteiger partial charge in [-0.15, -0.1) is 0 Å². The van der Waals surface area contributed by atoms with Crippen LogP contribution in [0.1, 0.15) is 18.3 Å². The second-order valence-corrected chi connectivity index (χ2v) is 16.9. The van der Waals surface area contributed by atoms with Crippen molar-refractivity contribution >= 4 is 51.2 Å². The van der Waals surface area contributed by atoms with Gasteiger partial charge in [0, 0.05) is 12.2 Å². The molecule has 264 valence electrons. The Morgan fingerprint density at radius 2 is 0.593 bits per heavy atom. The van der Waals surface area contributed by atoms with Gasteiger partial charge in [0.25, 0.3) is 0 Å². The predicted molar refractivity (Wildman–Crippen MR) is 236 cm³/mol. The van der Waals surface area contributed by atoms with Gasteiger partial charge >= 0.3 is 0 Å². The molecule has 54 heavy (non-hydrogen) atoms. The lowest BCUT2D eigenvalue weighted by atomic mass is 9.13. The standard InChI is InChI=1S/C27H26OP.C24H20B/c1-2-28-27(23-15-7-3-8-16-23)29(24-17-9-4-10-18-24,25-19-11-5-12-20-25)26-21-13-6-14-22-26;1-5-13-21(14-6-1)25(22-15-7-2-8-16-22,23-17-9-3-10-18-23)24-19-11-4-12-20-24/h3-22,27H,2H2,1H3;1-20H/q+1;-1. The Kier molecular flexibility index (Phi) is 12.1. The first kappa shape index (κ1) is 36.6. The minimum absolute atomic E-state index is 0.0547. The molecule has 0 saturated heterocycles. The van der Waals surface area contributed by atoms with Crippen LogP contribution in [-0.2, 0) is 4.74 Å². The summed E-state index contributed by atoms with van der Waals surface area (Å²) < 4.78 is 6.61. The molecule has 0 fully saturated rings. The Labute approximate surface area is 322 Å². The highest BCUT2D eigenvalue weighted by Crippen LogP contribution is 2.67. The van der Waals surface area contributed by atoms with E-state index in [1.54, 1.807) is 0 Å². The van der Waals surface area contributed by atoms with Crippen LogP contribution in [0.5, 0.6) is 0 Å². The highest BCUT2D eigenvalue weighted by atomic mass is 31.2. The molecule has 8 aromatic rings. The van der Waals surface area contributed by atoms with Crippen molar-refractivity contribution in [2.24, 2.45) is 0 Å². The first-order chi connectivity index (χ1) is 26.8. The predicted octanol–water partition coefficient (Wildman–Crippen LogP) is 8.78. The monoisotopic (exact) mass is 716 g/mol. The molecule has 3 heteroatoms. The van der Waals surface area contributed by atoms with Crippen LogP contribution < -0.4 is 37.8 Å². The molecule has 0 spiro atoms. The summed E-state index contributed by atoms with van der Waals surface area (Å²) in [6, 6.07) is 86.9. The second kappa shape index (κ2) is 17.8. The smallest absolute Gasteiger partial charge is 0.206 e. The maximum Gasteiger partial charge on any atom is 0.206 e. The molecule has 8 aromatic carbocycles. The summed E-state index contributed by atoms with van der Waals surface area (Å²) in [6.45, 7) is 2.75. The molecule has 0 amide bonds. The number of hydrogen-bond donors (Lipinski definition) is 0. The molecular formula is C51H46BOP. The maximum absolute atomic E-state index is 6.61. The molecule has 0 N–H and O–H groups in total. The Hall–Kier alpha value is -5.79. The van der Waals surface area contributed by atoms with Gasteiger partial charge in [-0.2, -0.15) is 21.9 Å². The van der Waals surface area contributed by atoms with Gasteiger partial charge in [-0.3, -0.25) is 0 Å². The first-order valence-corrected chi connectivity index (χ1v) is 20.7. The maximum atomic E-state index is 6.61. The molecule has 0 aliphatic rings. The number of hydrogen-bond acceptors (Lipinski definition) is 1. The minimum atomic E-state index is -2.12. The molecule has 0 heterocycles. The van der Waals surface area contributed by atoms with Gasteiger partial charge < -0.3 is 4.74 Å². The SMILES string of the molecule is CCOC(c1ccccc1)[P+](c1ccccc1)(c1ccccc1)c1ccccc1.c1ccc([B-](c2ccccc2)(c2ccccc2)c2ccccc2)cc1. The van der Waals surface area contributed by atoms with Crippen molar-refractivity contribution < 1.29 is 4.74 Å². The summed E-state index contributed by atoms with van der Waals surface area (Å²) in [5, 5.41) is 4.00. The molecule has 1 atom stereocenters. The highest BCUT2D eigenvalue weighted by Gasteiger charge is 2.54. The van der Waals surface area contributed by atoms with E-state index in [9.17, 15) is 0 Å². The fourth-order valence-electron chi connectivity index (χ4n) is 8.17. The van der Waals surface area contributed by atoms with Crippen molar-refractivity contribution in [3.8, 4) is 0 Å². The van der Waals surface area contributed by atoms with Crippen molar-refractivity contribution in [2.45, 2.75) is 12.8 Å². The quantitative estimate of drug-likeness (QED) is 0.0962. The van der Waals surface area contributed by atoms with Gasteiger partial charge in [-0.25, -0.2) is 0 Å². The fourth-order valence-corrected chi connectivity index (χ4v) is 12.8. The Bertz CT molecular complexity index is 1990. The van der Waals surface area contributed by atoms with Crippen LogP contribution in [0.25, 0.3) is 0 Å². The fraction of sp³-hybridized carbons (Fsp3) is 0.0588. The van der Waals surface area contributed by atoms with E-state index in [0.717, 1.165) is 0 Å². The highest BCUT2D eigenvalue weighted by molar-refractivity contribution is 7.95. The lowest BCUT2D eigenvalue weighted by molar-refractivity contribution is 0.122. The average Bonchev–Trinajstić information content (AvgIpc) is 3.27. The number of rotatable bonds is 11. The molecule has 0 saturated carbocycles. The van der Waals surface area contributed by atoms with Gasteiger partial charge in [-0.1, -0.05) is 206 Å². The molecule has 0 aliphatic carbocycles. The Morgan fingerprint density at radius 1 is 0.352 bits per heavy atom. The van der Waals surface area contributed by atoms with E-state index in [0.29, 0.717) is 6.61 Å². The third-order valence-corrected chi connectivity index (χ3v) is 14.9. The Morgan fingerprint density at radius 3 is 0.852 bits per heavy atom. The molecule has 0 aliphatic heterocycles. The molecule has 1 nitrogen and oxygen atoms in total. The van der Waals surface area contributed by atoms with Gasteiger partial charge in [0.1, 0.15) is 29.3 Å². The van der Waals surface area contributed by atoms with Crippen LogP contribution >= 0.6 is 7.26 Å². The summed E-state index contributed by atoms with van der Waals surface area (Å²) in [5.41, 5.74) is 6.58. The molecular weight excluding hydrogens is 670 g/mol. The largest absolute Gasteiger partial charge is 0.339 e. The van der Waals surface area contributed by atoms with E-state index in [-0.39, 0.29) is 5.85 Å². The van der Waals surface area contributed by atoms with Crippen LogP contribution in [-0.4, -0.2) is 12.8 Å². The van der Waals surface area contributed by atoms with Gasteiger partial charge in [-0.05, 0) is 43.3 Å². The zero-order valence-electron chi connectivity index (χ0n) is 30.8. The normalized spacial score (nSPS) is 11.9. The van der Waals surface area contributed by atoms with E-state index < -0.39 is 13.4 Å². The molecule has 0 bridgehead atoms. The van der Waals surface area contributed by atoms with E-state index in [1.807, 2.05) is 0 Å². The zero-order chi connectivity index (χ0) is 36.9. The van der Waals surface area contributed by atoms with Crippen LogP contribution in [0.4, 0.5) is 0 Å². The van der Waals surface area contributed by atoms with E-state index in [4.69, 9.17) is 4.74 Å². The molecule has 0 radical (unpaired) electrons. The molecule has 8 rings (SSSR count). The lowest BCUT2D eigenvalue weighted by Gasteiger charge is -2.44. The molecule has 1 unspecified atom stereocenters. The van der Waals surface area contributed by atoms with E-state index >= 15 is 0 Å². The summed E-state index contributed by atoms with van der Waals surface area (Å²) >= 11 is 0. The second-order valence-electron chi connectivity index (χ2n) is 13.5. The van der Waals surface area contributed by atoms with Crippen LogP contribution in [0.2, 0.25) is 0 Å². The molecule has 0 aromatic heterocycles. The Balaban J connectivity index is 0.000000168. The summed E-state index contributed by atoms with van der Waals surface area (Å²) in [7, 11) is -2.12. The summed E-state index contributed by atoms with van der Waals surface area (Å²) in [5.74, 6) is -0.0547. The third-order valence-electron chi connectivity index (χ3n) is 10.4. The van der Waals surface area contributed by atoms with Crippen LogP contribution in [0, 0.1) is 0 Å². The average molecular weight is 717 g/mol. The van der Waals surface area contributed by atoms with Crippen molar-refractivity contribution in [3.05, 3.63) is 248 Å². The third kappa shape index (κ3) is 7.37. The van der Waals surface area contributed by atoms with Crippen molar-refractivity contribution in [3.63, 3.8) is 0 Å². The van der Waals surface area contributed by atoms with Crippen molar-refractivity contribution in [1.82, 2.24) is 0 Å². The van der Waals surface area contributed by atoms with Crippen molar-refractivity contribution in [1.29, 1.82) is 0 Å². The topological polar surface area (TPSA) is 9.23 Å². The van der Waals surface area contributed by atoms with Crippen molar-refractivity contribution in [2.75, 3.05) is 6.61 Å². The number of ether oxygens (including phenoxy) is 1. The first-order valence-electron chi connectivity index (χ1n) is 18.9. The summed E-state index contributed by atoms with van der Waals surface area (Å²) in [4.78, 5) is 0. The van der Waals surface area contributed by atoms with Crippen LogP contribution in [0.3, 0.4) is 0 Å². The lowest BCUT2D eigenvalue weighted by Crippen LogP contribution is -2.74. The van der Waals surface area contributed by atoms with Gasteiger partial charge in [0.2, 0.25) is 5.85 Å².